The zero-order chi connectivity index (χ0) is 27.4. The van der Waals surface area contributed by atoms with Gasteiger partial charge >= 0.3 is 6.18 Å². The second kappa shape index (κ2) is 8.98. The zero-order valence-electron chi connectivity index (χ0n) is 20.1. The Morgan fingerprint density at radius 1 is 0.974 bits per heavy atom. The summed E-state index contributed by atoms with van der Waals surface area (Å²) in [6.45, 7) is 0. The number of para-hydroxylation sites is 1. The van der Waals surface area contributed by atoms with E-state index < -0.39 is 40.2 Å². The highest BCUT2D eigenvalue weighted by Gasteiger charge is 2.42. The van der Waals surface area contributed by atoms with Crippen molar-refractivity contribution in [3.63, 3.8) is 0 Å². The summed E-state index contributed by atoms with van der Waals surface area (Å²) in [5, 5.41) is 18.3. The molecule has 0 spiro atoms. The Labute approximate surface area is 218 Å². The van der Waals surface area contributed by atoms with Crippen molar-refractivity contribution in [1.82, 2.24) is 19.7 Å². The first-order valence-corrected chi connectivity index (χ1v) is 11.9. The highest BCUT2D eigenvalue weighted by Crippen LogP contribution is 2.46. The van der Waals surface area contributed by atoms with Crippen LogP contribution in [0.5, 0.6) is 0 Å². The fourth-order valence-corrected chi connectivity index (χ4v) is 4.44. The summed E-state index contributed by atoms with van der Waals surface area (Å²) in [6, 6.07) is 16.5. The molecule has 1 saturated carbocycles. The van der Waals surface area contributed by atoms with Gasteiger partial charge in [-0.2, -0.15) is 18.3 Å². The smallest absolute Gasteiger partial charge is 0.385 e. The molecule has 1 aliphatic carbocycles. The number of aliphatic hydroxyl groups is 1. The van der Waals surface area contributed by atoms with E-state index in [1.807, 2.05) is 0 Å². The van der Waals surface area contributed by atoms with E-state index in [4.69, 9.17) is 0 Å². The molecule has 2 heterocycles. The van der Waals surface area contributed by atoms with Gasteiger partial charge in [-0.1, -0.05) is 24.3 Å². The number of amides is 1. The van der Waals surface area contributed by atoms with Crippen LogP contribution >= 0.6 is 0 Å². The Bertz CT molecular complexity index is 1720. The van der Waals surface area contributed by atoms with E-state index in [2.05, 4.69) is 20.4 Å². The first-order chi connectivity index (χ1) is 18.6. The molecule has 1 fully saturated rings. The lowest BCUT2D eigenvalue weighted by molar-refractivity contribution is -0.137. The maximum Gasteiger partial charge on any atom is 0.417 e. The number of nitrogens with one attached hydrogen (secondary N) is 1. The van der Waals surface area contributed by atoms with E-state index in [-0.39, 0.29) is 17.7 Å². The molecule has 7 nitrogen and oxygen atoms in total. The number of fused-ring (bicyclic) bond motifs is 1. The van der Waals surface area contributed by atoms with Gasteiger partial charge in [-0.15, -0.1) is 0 Å². The number of carbonyl (C=O) groups excluding carboxylic acids is 1. The predicted molar refractivity (Wildman–Crippen MR) is 135 cm³/mol. The van der Waals surface area contributed by atoms with Crippen LogP contribution in [-0.2, 0) is 11.8 Å². The van der Waals surface area contributed by atoms with Crippen molar-refractivity contribution in [1.29, 1.82) is 0 Å². The van der Waals surface area contributed by atoms with Crippen molar-refractivity contribution in [2.75, 3.05) is 5.32 Å². The lowest BCUT2D eigenvalue weighted by Crippen LogP contribution is -2.18. The highest BCUT2D eigenvalue weighted by molar-refractivity contribution is 6.09. The number of nitrogens with zero attached hydrogens (tertiary/aromatic N) is 4. The number of rotatable bonds is 5. The second-order valence-corrected chi connectivity index (χ2v) is 9.26. The average Bonchev–Trinajstić information content (AvgIpc) is 3.59. The number of hydrogen-bond acceptors (Lipinski definition) is 5. The minimum absolute atomic E-state index is 0.170. The summed E-state index contributed by atoms with van der Waals surface area (Å²) in [5.41, 5.74) is -1.71. The van der Waals surface area contributed by atoms with Gasteiger partial charge in [0.15, 0.2) is 5.82 Å². The molecule has 1 amide bonds. The van der Waals surface area contributed by atoms with Crippen LogP contribution in [0.3, 0.4) is 0 Å². The molecule has 2 N–H and O–H groups in total. The maximum absolute atomic E-state index is 15.1. The second-order valence-electron chi connectivity index (χ2n) is 9.26. The van der Waals surface area contributed by atoms with Crippen LogP contribution in [0.15, 0.2) is 79.1 Å². The van der Waals surface area contributed by atoms with Gasteiger partial charge in [0.25, 0.3) is 5.91 Å². The molecule has 2 aromatic heterocycles. The molecule has 0 bridgehead atoms. The van der Waals surface area contributed by atoms with E-state index in [9.17, 15) is 23.1 Å². The molecule has 0 saturated heterocycles. The average molecular weight is 533 g/mol. The number of carbonyl (C=O) groups is 1. The number of hydrogen-bond donors (Lipinski definition) is 2. The van der Waals surface area contributed by atoms with Crippen LogP contribution in [0.2, 0.25) is 0 Å². The summed E-state index contributed by atoms with van der Waals surface area (Å²) in [7, 11) is 0. The number of alkyl halides is 3. The van der Waals surface area contributed by atoms with Crippen LogP contribution in [-0.4, -0.2) is 30.8 Å². The van der Waals surface area contributed by atoms with Crippen molar-refractivity contribution in [2.45, 2.75) is 24.6 Å². The van der Waals surface area contributed by atoms with Crippen LogP contribution in [0, 0.1) is 5.82 Å². The van der Waals surface area contributed by atoms with Gasteiger partial charge < -0.3 is 10.4 Å². The highest BCUT2D eigenvalue weighted by atomic mass is 19.4. The van der Waals surface area contributed by atoms with E-state index >= 15 is 4.39 Å². The molecule has 0 atom stereocenters. The van der Waals surface area contributed by atoms with Crippen LogP contribution in [0.4, 0.5) is 23.4 Å². The van der Waals surface area contributed by atoms with E-state index in [0.29, 0.717) is 35.0 Å². The lowest BCUT2D eigenvalue weighted by Gasteiger charge is -2.15. The Morgan fingerprint density at radius 2 is 1.69 bits per heavy atom. The summed E-state index contributed by atoms with van der Waals surface area (Å²) in [5.74, 6) is -2.49. The van der Waals surface area contributed by atoms with E-state index in [0.717, 1.165) is 6.07 Å². The Kier molecular flexibility index (Phi) is 5.69. The van der Waals surface area contributed by atoms with Crippen molar-refractivity contribution in [3.8, 4) is 17.1 Å². The first-order valence-electron chi connectivity index (χ1n) is 11.9. The topological polar surface area (TPSA) is 92.9 Å². The molecule has 1 aliphatic rings. The summed E-state index contributed by atoms with van der Waals surface area (Å²) in [6.07, 6.45) is -1.22. The van der Waals surface area contributed by atoms with Crippen molar-refractivity contribution in [3.05, 3.63) is 102 Å². The van der Waals surface area contributed by atoms with Crippen LogP contribution in [0.25, 0.3) is 28.0 Å². The fourth-order valence-electron chi connectivity index (χ4n) is 4.44. The zero-order valence-corrected chi connectivity index (χ0v) is 20.1. The molecule has 3 aromatic carbocycles. The summed E-state index contributed by atoms with van der Waals surface area (Å²) < 4.78 is 57.8. The van der Waals surface area contributed by atoms with Crippen molar-refractivity contribution in [2.24, 2.45) is 0 Å². The molecule has 0 unspecified atom stereocenters. The Morgan fingerprint density at radius 3 is 2.36 bits per heavy atom. The maximum atomic E-state index is 15.1. The summed E-state index contributed by atoms with van der Waals surface area (Å²) in [4.78, 5) is 21.2. The molecule has 39 heavy (non-hydrogen) atoms. The predicted octanol–water partition coefficient (Wildman–Crippen LogP) is 5.87. The fraction of sp³-hybridized carbons (Fsp3) is 0.143. The van der Waals surface area contributed by atoms with Gasteiger partial charge in [-0.25, -0.2) is 19.0 Å². The number of halogens is 4. The third-order valence-corrected chi connectivity index (χ3v) is 6.63. The van der Waals surface area contributed by atoms with Gasteiger partial charge in [-0.3, -0.25) is 4.79 Å². The number of benzene rings is 3. The molecule has 0 aliphatic heterocycles. The number of aromatic nitrogens is 4. The van der Waals surface area contributed by atoms with Crippen molar-refractivity contribution < 1.29 is 27.5 Å². The van der Waals surface area contributed by atoms with E-state index in [1.165, 1.54) is 23.1 Å². The van der Waals surface area contributed by atoms with Gasteiger partial charge in [0.2, 0.25) is 0 Å². The standard InChI is InChI=1S/C28H19F4N5O2/c29-22-15-21(28(30,31)32)18(24-33-11-4-12-34-24)14-19(22)26(38)35-25-20-13-16(27(39)9-10-27)7-8-23(20)36-37(25)17-5-2-1-3-6-17/h1-8,11-15,39H,9-10H2,(H,35,38). The minimum atomic E-state index is -4.91. The lowest BCUT2D eigenvalue weighted by atomic mass is 10.0. The SMILES string of the molecule is O=C(Nc1c2cc(C3(O)CC3)ccc2nn1-c1ccccc1)c1cc(-c2ncccn2)c(C(F)(F)F)cc1F. The Hall–Kier alpha value is -4.64. The quantitative estimate of drug-likeness (QED) is 0.276. The van der Waals surface area contributed by atoms with Gasteiger partial charge in [0.1, 0.15) is 11.6 Å². The van der Waals surface area contributed by atoms with Gasteiger partial charge in [0.05, 0.1) is 27.9 Å². The monoisotopic (exact) mass is 533 g/mol. The van der Waals surface area contributed by atoms with Gasteiger partial charge in [0, 0.05) is 23.3 Å². The summed E-state index contributed by atoms with van der Waals surface area (Å²) >= 11 is 0. The van der Waals surface area contributed by atoms with Crippen LogP contribution in [0.1, 0.15) is 34.3 Å². The molecular weight excluding hydrogens is 514 g/mol. The van der Waals surface area contributed by atoms with Crippen LogP contribution < -0.4 is 5.32 Å². The molecule has 0 radical (unpaired) electrons. The molecular formula is C28H19F4N5O2. The molecule has 6 rings (SSSR count). The largest absolute Gasteiger partial charge is 0.417 e. The third-order valence-electron chi connectivity index (χ3n) is 6.63. The normalized spacial score (nSPS) is 14.4. The molecule has 196 valence electrons. The molecule has 5 aromatic rings. The van der Waals surface area contributed by atoms with Gasteiger partial charge in [-0.05, 0) is 60.9 Å². The minimum Gasteiger partial charge on any atom is -0.385 e. The van der Waals surface area contributed by atoms with Crippen molar-refractivity contribution >= 4 is 22.6 Å². The Balaban J connectivity index is 1.48. The third kappa shape index (κ3) is 4.50. The first kappa shape index (κ1) is 24.7. The van der Waals surface area contributed by atoms with E-state index in [1.54, 1.807) is 48.5 Å². The molecule has 11 heteroatoms. The number of anilines is 1.